The molecule has 1 aliphatic carbocycles. The number of Topliss-reactive ketones (excluding diaryl/α,β-unsaturated/α-hetero) is 2. The van der Waals surface area contributed by atoms with Crippen molar-refractivity contribution in [1.82, 2.24) is 15.1 Å². The van der Waals surface area contributed by atoms with Crippen LogP contribution in [0.25, 0.3) is 0 Å². The fraction of sp³-hybridized carbons (Fsp3) is 0.346. The summed E-state index contributed by atoms with van der Waals surface area (Å²) in [6, 6.07) is 19.1. The Morgan fingerprint density at radius 2 is 1.47 bits per heavy atom. The largest absolute Gasteiger partial charge is 0.389 e. The van der Waals surface area contributed by atoms with Crippen LogP contribution in [0.2, 0.25) is 0 Å². The number of piperazine rings is 1. The van der Waals surface area contributed by atoms with Gasteiger partial charge in [-0.25, -0.2) is 0 Å². The summed E-state index contributed by atoms with van der Waals surface area (Å²) in [5, 5.41) is 3.15. The summed E-state index contributed by atoms with van der Waals surface area (Å²) in [6.45, 7) is 4.48. The highest BCUT2D eigenvalue weighted by atomic mass is 16.2. The Morgan fingerprint density at radius 1 is 0.875 bits per heavy atom. The van der Waals surface area contributed by atoms with Crippen molar-refractivity contribution in [2.75, 3.05) is 39.3 Å². The summed E-state index contributed by atoms with van der Waals surface area (Å²) in [5.41, 5.74) is 2.06. The Hall–Kier alpha value is -3.25. The highest BCUT2D eigenvalue weighted by Crippen LogP contribution is 2.31. The van der Waals surface area contributed by atoms with Gasteiger partial charge in [-0.2, -0.15) is 0 Å². The van der Waals surface area contributed by atoms with Crippen molar-refractivity contribution >= 4 is 17.5 Å². The second-order valence-electron chi connectivity index (χ2n) is 8.37. The number of carbonyl (C=O) groups excluding carboxylic acids is 3. The SMILES string of the molecule is O=C1CC(c2ccccc2)CC(=O)C1=CNCCN1CCN(C(=O)c2ccccc2)CC1. The lowest BCUT2D eigenvalue weighted by molar-refractivity contribution is -0.124. The smallest absolute Gasteiger partial charge is 0.253 e. The van der Waals surface area contributed by atoms with E-state index in [1.54, 1.807) is 6.20 Å². The van der Waals surface area contributed by atoms with Crippen molar-refractivity contribution in [3.63, 3.8) is 0 Å². The van der Waals surface area contributed by atoms with E-state index in [4.69, 9.17) is 0 Å². The van der Waals surface area contributed by atoms with Gasteiger partial charge in [-0.05, 0) is 23.6 Å². The molecule has 0 atom stereocenters. The fourth-order valence-corrected chi connectivity index (χ4v) is 4.35. The molecule has 1 N–H and O–H groups in total. The Balaban J connectivity index is 1.20. The molecule has 4 rings (SSSR count). The molecule has 2 fully saturated rings. The number of benzene rings is 2. The molecule has 0 unspecified atom stereocenters. The van der Waals surface area contributed by atoms with E-state index >= 15 is 0 Å². The number of nitrogens with zero attached hydrogens (tertiary/aromatic N) is 2. The number of amides is 1. The van der Waals surface area contributed by atoms with E-state index in [9.17, 15) is 14.4 Å². The number of carbonyl (C=O) groups is 3. The van der Waals surface area contributed by atoms with E-state index in [-0.39, 0.29) is 29.0 Å². The third-order valence-electron chi connectivity index (χ3n) is 6.23. The second kappa shape index (κ2) is 10.4. The van der Waals surface area contributed by atoms with Gasteiger partial charge in [0.1, 0.15) is 0 Å². The zero-order valence-electron chi connectivity index (χ0n) is 18.2. The predicted octanol–water partition coefficient (Wildman–Crippen LogP) is 2.63. The highest BCUT2D eigenvalue weighted by Gasteiger charge is 2.31. The van der Waals surface area contributed by atoms with Crippen molar-refractivity contribution in [3.05, 3.63) is 83.6 Å². The van der Waals surface area contributed by atoms with Crippen LogP contribution in [0, 0.1) is 0 Å². The van der Waals surface area contributed by atoms with E-state index in [0.717, 1.165) is 30.8 Å². The van der Waals surface area contributed by atoms with Gasteiger partial charge < -0.3 is 10.2 Å². The molecule has 166 valence electrons. The Labute approximate surface area is 188 Å². The molecule has 2 aromatic carbocycles. The van der Waals surface area contributed by atoms with E-state index < -0.39 is 0 Å². The Morgan fingerprint density at radius 3 is 2.09 bits per heavy atom. The lowest BCUT2D eigenvalue weighted by atomic mass is 9.80. The molecule has 1 saturated carbocycles. The number of hydrogen-bond acceptors (Lipinski definition) is 5. The molecule has 1 aliphatic heterocycles. The van der Waals surface area contributed by atoms with Gasteiger partial charge in [0.05, 0.1) is 5.57 Å². The predicted molar refractivity (Wildman–Crippen MR) is 123 cm³/mol. The molecular weight excluding hydrogens is 402 g/mol. The van der Waals surface area contributed by atoms with Crippen molar-refractivity contribution in [1.29, 1.82) is 0 Å². The molecule has 0 radical (unpaired) electrons. The maximum absolute atomic E-state index is 12.5. The first-order valence-electron chi connectivity index (χ1n) is 11.2. The lowest BCUT2D eigenvalue weighted by Gasteiger charge is -2.34. The van der Waals surface area contributed by atoms with Gasteiger partial charge in [0, 0.05) is 63.9 Å². The standard InChI is InChI=1S/C26H29N3O3/c30-24-17-22(20-7-3-1-4-8-20)18-25(31)23(24)19-27-11-12-28-13-15-29(16-14-28)26(32)21-9-5-2-6-10-21/h1-10,19,22,27H,11-18H2. The number of rotatable bonds is 6. The van der Waals surface area contributed by atoms with Gasteiger partial charge in [0.25, 0.3) is 5.91 Å². The van der Waals surface area contributed by atoms with Gasteiger partial charge in [-0.1, -0.05) is 48.5 Å². The van der Waals surface area contributed by atoms with Crippen molar-refractivity contribution in [3.8, 4) is 0 Å². The maximum Gasteiger partial charge on any atom is 0.253 e. The van der Waals surface area contributed by atoms with Gasteiger partial charge >= 0.3 is 0 Å². The minimum Gasteiger partial charge on any atom is -0.389 e. The van der Waals surface area contributed by atoms with Crippen LogP contribution in [0.3, 0.4) is 0 Å². The quantitative estimate of drug-likeness (QED) is 0.433. The molecule has 1 heterocycles. The van der Waals surface area contributed by atoms with Crippen LogP contribution in [0.15, 0.2) is 72.4 Å². The average Bonchev–Trinajstić information content (AvgIpc) is 2.84. The van der Waals surface area contributed by atoms with Gasteiger partial charge in [0.15, 0.2) is 11.6 Å². The molecule has 32 heavy (non-hydrogen) atoms. The van der Waals surface area contributed by atoms with Gasteiger partial charge in [0.2, 0.25) is 0 Å². The zero-order valence-corrected chi connectivity index (χ0v) is 18.2. The minimum absolute atomic E-state index is 0.0248. The number of nitrogens with one attached hydrogen (secondary N) is 1. The monoisotopic (exact) mass is 431 g/mol. The first kappa shape index (κ1) is 22.0. The van der Waals surface area contributed by atoms with E-state index in [2.05, 4.69) is 10.2 Å². The zero-order chi connectivity index (χ0) is 22.3. The Bertz CT molecular complexity index is 960. The van der Waals surface area contributed by atoms with E-state index in [1.165, 1.54) is 0 Å². The van der Waals surface area contributed by atoms with Crippen LogP contribution in [0.1, 0.15) is 34.7 Å². The van der Waals surface area contributed by atoms with Gasteiger partial charge in [-0.15, -0.1) is 0 Å². The summed E-state index contributed by atoms with van der Waals surface area (Å²) >= 11 is 0. The third-order valence-corrected chi connectivity index (χ3v) is 6.23. The van der Waals surface area contributed by atoms with E-state index in [1.807, 2.05) is 65.6 Å². The number of hydrogen-bond donors (Lipinski definition) is 1. The molecule has 0 spiro atoms. The first-order valence-corrected chi connectivity index (χ1v) is 11.2. The molecule has 6 nitrogen and oxygen atoms in total. The van der Waals surface area contributed by atoms with Crippen LogP contribution < -0.4 is 5.32 Å². The molecule has 1 saturated heterocycles. The second-order valence-corrected chi connectivity index (χ2v) is 8.37. The highest BCUT2D eigenvalue weighted by molar-refractivity contribution is 6.22. The molecule has 1 amide bonds. The van der Waals surface area contributed by atoms with Crippen molar-refractivity contribution < 1.29 is 14.4 Å². The normalized spacial score (nSPS) is 19.7. The maximum atomic E-state index is 12.5. The van der Waals surface area contributed by atoms with Crippen LogP contribution in [-0.2, 0) is 9.59 Å². The molecule has 2 aromatic rings. The molecule has 6 heteroatoms. The van der Waals surface area contributed by atoms with Gasteiger partial charge in [-0.3, -0.25) is 19.3 Å². The van der Waals surface area contributed by atoms with Crippen LogP contribution >= 0.6 is 0 Å². The summed E-state index contributed by atoms with van der Waals surface area (Å²) < 4.78 is 0. The molecule has 0 bridgehead atoms. The third kappa shape index (κ3) is 5.32. The minimum atomic E-state index is -0.0874. The van der Waals surface area contributed by atoms with Crippen LogP contribution in [0.5, 0.6) is 0 Å². The molecule has 2 aliphatic rings. The number of ketones is 2. The topological polar surface area (TPSA) is 69.7 Å². The summed E-state index contributed by atoms with van der Waals surface area (Å²) in [6.07, 6.45) is 2.35. The fourth-order valence-electron chi connectivity index (χ4n) is 4.35. The van der Waals surface area contributed by atoms with Crippen LogP contribution in [0.4, 0.5) is 0 Å². The summed E-state index contributed by atoms with van der Waals surface area (Å²) in [7, 11) is 0. The lowest BCUT2D eigenvalue weighted by Crippen LogP contribution is -2.49. The summed E-state index contributed by atoms with van der Waals surface area (Å²) in [4.78, 5) is 41.8. The first-order chi connectivity index (χ1) is 15.6. The molecule has 0 aromatic heterocycles. The Kier molecular flexibility index (Phi) is 7.12. The van der Waals surface area contributed by atoms with Crippen molar-refractivity contribution in [2.45, 2.75) is 18.8 Å². The number of allylic oxidation sites excluding steroid dienone is 1. The average molecular weight is 432 g/mol. The van der Waals surface area contributed by atoms with Crippen molar-refractivity contribution in [2.24, 2.45) is 0 Å². The van der Waals surface area contributed by atoms with E-state index in [0.29, 0.717) is 32.5 Å². The molecular formula is C26H29N3O3. The summed E-state index contributed by atoms with van der Waals surface area (Å²) in [5.74, 6) is -0.120. The van der Waals surface area contributed by atoms with Crippen LogP contribution in [-0.4, -0.2) is 66.5 Å².